The van der Waals surface area contributed by atoms with E-state index in [4.69, 9.17) is 9.47 Å². The highest BCUT2D eigenvalue weighted by Gasteiger charge is 2.41. The molecule has 1 heterocycles. The van der Waals surface area contributed by atoms with Gasteiger partial charge in [0.2, 0.25) is 5.91 Å². The quantitative estimate of drug-likeness (QED) is 0.645. The summed E-state index contributed by atoms with van der Waals surface area (Å²) in [6, 6.07) is 9.67. The fourth-order valence-electron chi connectivity index (χ4n) is 4.47. The van der Waals surface area contributed by atoms with Crippen LogP contribution in [0.1, 0.15) is 42.7 Å². The lowest BCUT2D eigenvalue weighted by molar-refractivity contribution is -0.137. The fourth-order valence-corrected chi connectivity index (χ4v) is 4.47. The molecule has 0 unspecified atom stereocenters. The Morgan fingerprint density at radius 1 is 0.969 bits per heavy atom. The van der Waals surface area contributed by atoms with Crippen molar-refractivity contribution in [3.63, 3.8) is 0 Å². The first kappa shape index (κ1) is 21.9. The van der Waals surface area contributed by atoms with Gasteiger partial charge in [-0.25, -0.2) is 0 Å². The second-order valence-corrected chi connectivity index (χ2v) is 7.78. The molecule has 0 aromatic heterocycles. The van der Waals surface area contributed by atoms with Crippen molar-refractivity contribution in [2.24, 2.45) is 0 Å². The minimum absolute atomic E-state index is 0.00484. The second-order valence-electron chi connectivity index (χ2n) is 7.78. The zero-order valence-corrected chi connectivity index (χ0v) is 17.7. The number of carbonyl (C=O) groups excluding carboxylic acids is 2. The molecule has 0 saturated heterocycles. The van der Waals surface area contributed by atoms with Gasteiger partial charge in [0, 0.05) is 41.3 Å². The number of allylic oxidation sites excluding steroid dienone is 2. The Morgan fingerprint density at radius 2 is 1.69 bits per heavy atom. The van der Waals surface area contributed by atoms with Crippen LogP contribution in [0.5, 0.6) is 11.5 Å². The molecule has 5 nitrogen and oxygen atoms in total. The molecule has 0 radical (unpaired) electrons. The number of methoxy groups -OCH3 is 2. The highest BCUT2D eigenvalue weighted by molar-refractivity contribution is 6.07. The maximum Gasteiger partial charge on any atom is 0.416 e. The van der Waals surface area contributed by atoms with Crippen LogP contribution in [-0.4, -0.2) is 25.9 Å². The first-order valence-corrected chi connectivity index (χ1v) is 10.2. The Hall–Kier alpha value is -3.29. The predicted molar refractivity (Wildman–Crippen MR) is 112 cm³/mol. The number of alkyl halides is 3. The number of ether oxygens (including phenoxy) is 2. The lowest BCUT2D eigenvalue weighted by Gasteiger charge is -2.38. The van der Waals surface area contributed by atoms with E-state index in [0.29, 0.717) is 53.3 Å². The topological polar surface area (TPSA) is 55.8 Å². The number of anilines is 1. The molecule has 4 rings (SSSR count). The van der Waals surface area contributed by atoms with E-state index in [1.54, 1.807) is 18.2 Å². The number of hydrogen-bond donors (Lipinski definition) is 0. The number of nitrogens with zero attached hydrogens (tertiary/aromatic N) is 1. The Labute approximate surface area is 183 Å². The molecule has 0 spiro atoms. The van der Waals surface area contributed by atoms with E-state index in [2.05, 4.69) is 0 Å². The van der Waals surface area contributed by atoms with Crippen molar-refractivity contribution in [3.8, 4) is 11.5 Å². The highest BCUT2D eigenvalue weighted by atomic mass is 19.4. The van der Waals surface area contributed by atoms with Crippen molar-refractivity contribution in [3.05, 3.63) is 64.9 Å². The molecule has 168 valence electrons. The van der Waals surface area contributed by atoms with Crippen LogP contribution < -0.4 is 14.4 Å². The summed E-state index contributed by atoms with van der Waals surface area (Å²) in [5.41, 5.74) is 1.27. The smallest absolute Gasteiger partial charge is 0.416 e. The third kappa shape index (κ3) is 3.85. The molecule has 1 aliphatic heterocycles. The van der Waals surface area contributed by atoms with E-state index in [1.807, 2.05) is 0 Å². The SMILES string of the molecule is COc1ccc(OC)c([C@H]2CC(=O)N(c3ccc(C(F)(F)F)cc3)C3=C2C(=O)CCC3)c1. The van der Waals surface area contributed by atoms with Crippen molar-refractivity contribution >= 4 is 17.4 Å². The first-order chi connectivity index (χ1) is 15.2. The van der Waals surface area contributed by atoms with Crippen LogP contribution in [0.2, 0.25) is 0 Å². The van der Waals surface area contributed by atoms with Crippen LogP contribution >= 0.6 is 0 Å². The zero-order valence-electron chi connectivity index (χ0n) is 17.7. The minimum Gasteiger partial charge on any atom is -0.497 e. The van der Waals surface area contributed by atoms with E-state index in [0.717, 1.165) is 12.1 Å². The highest BCUT2D eigenvalue weighted by Crippen LogP contribution is 2.46. The van der Waals surface area contributed by atoms with E-state index in [9.17, 15) is 22.8 Å². The summed E-state index contributed by atoms with van der Waals surface area (Å²) in [5, 5.41) is 0. The summed E-state index contributed by atoms with van der Waals surface area (Å²) in [4.78, 5) is 27.7. The van der Waals surface area contributed by atoms with E-state index >= 15 is 0 Å². The molecule has 1 amide bonds. The third-order valence-electron chi connectivity index (χ3n) is 5.94. The van der Waals surface area contributed by atoms with Crippen molar-refractivity contribution < 1.29 is 32.2 Å². The number of amides is 1. The van der Waals surface area contributed by atoms with Crippen LogP contribution in [0.15, 0.2) is 53.7 Å². The molecule has 1 atom stereocenters. The molecule has 2 aromatic carbocycles. The summed E-state index contributed by atoms with van der Waals surface area (Å²) < 4.78 is 49.7. The number of carbonyl (C=O) groups is 2. The summed E-state index contributed by atoms with van der Waals surface area (Å²) >= 11 is 0. The number of halogens is 3. The number of Topliss-reactive ketones (excluding diaryl/α,β-unsaturated/α-hetero) is 1. The van der Waals surface area contributed by atoms with Gasteiger partial charge >= 0.3 is 6.18 Å². The molecule has 0 N–H and O–H groups in total. The van der Waals surface area contributed by atoms with Gasteiger partial charge < -0.3 is 9.47 Å². The lowest BCUT2D eigenvalue weighted by Crippen LogP contribution is -2.40. The minimum atomic E-state index is -4.47. The largest absolute Gasteiger partial charge is 0.497 e. The van der Waals surface area contributed by atoms with Crippen molar-refractivity contribution in [2.75, 3.05) is 19.1 Å². The van der Waals surface area contributed by atoms with Crippen molar-refractivity contribution in [2.45, 2.75) is 37.8 Å². The van der Waals surface area contributed by atoms with Crippen LogP contribution in [0.3, 0.4) is 0 Å². The van der Waals surface area contributed by atoms with Gasteiger partial charge in [-0.15, -0.1) is 0 Å². The number of rotatable bonds is 4. The standard InChI is InChI=1S/C24H22F3NO4/c1-31-16-10-11-21(32-2)17(12-16)18-13-22(30)28(19-4-3-5-20(29)23(18)19)15-8-6-14(7-9-15)24(25,26)27/h6-12,18H,3-5,13H2,1-2H3/t18-/m1/s1. The summed E-state index contributed by atoms with van der Waals surface area (Å²) in [6.07, 6.45) is -3.06. The predicted octanol–water partition coefficient (Wildman–Crippen LogP) is 5.25. The molecular weight excluding hydrogens is 423 g/mol. The average molecular weight is 445 g/mol. The van der Waals surface area contributed by atoms with Gasteiger partial charge in [-0.3, -0.25) is 14.5 Å². The van der Waals surface area contributed by atoms with Crippen molar-refractivity contribution in [1.29, 1.82) is 0 Å². The van der Waals surface area contributed by atoms with Gasteiger partial charge in [-0.05, 0) is 55.3 Å². The van der Waals surface area contributed by atoms with Crippen molar-refractivity contribution in [1.82, 2.24) is 0 Å². The lowest BCUT2D eigenvalue weighted by atomic mass is 9.76. The zero-order chi connectivity index (χ0) is 23.0. The molecule has 0 fully saturated rings. The number of hydrogen-bond acceptors (Lipinski definition) is 4. The van der Waals surface area contributed by atoms with Crippen LogP contribution in [0.25, 0.3) is 0 Å². The van der Waals surface area contributed by atoms with E-state index in [-0.39, 0.29) is 18.1 Å². The molecule has 1 aliphatic carbocycles. The van der Waals surface area contributed by atoms with Crippen LogP contribution in [-0.2, 0) is 15.8 Å². The monoisotopic (exact) mass is 445 g/mol. The average Bonchev–Trinajstić information content (AvgIpc) is 2.77. The van der Waals surface area contributed by atoms with Gasteiger partial charge in [0.1, 0.15) is 11.5 Å². The molecule has 2 aromatic rings. The normalized spacial score (nSPS) is 19.2. The third-order valence-corrected chi connectivity index (χ3v) is 5.94. The molecular formula is C24H22F3NO4. The maximum absolute atomic E-state index is 13.3. The van der Waals surface area contributed by atoms with Gasteiger partial charge in [-0.1, -0.05) is 0 Å². The molecule has 2 aliphatic rings. The summed E-state index contributed by atoms with van der Waals surface area (Å²) in [5.74, 6) is 0.250. The van der Waals surface area contributed by atoms with Gasteiger partial charge in [0.25, 0.3) is 0 Å². The van der Waals surface area contributed by atoms with Crippen LogP contribution in [0, 0.1) is 0 Å². The first-order valence-electron chi connectivity index (χ1n) is 10.2. The number of benzene rings is 2. The Balaban J connectivity index is 1.83. The van der Waals surface area contributed by atoms with Gasteiger partial charge in [0.05, 0.1) is 19.8 Å². The van der Waals surface area contributed by atoms with Gasteiger partial charge in [-0.2, -0.15) is 13.2 Å². The summed E-state index contributed by atoms with van der Waals surface area (Å²) in [6.45, 7) is 0. The van der Waals surface area contributed by atoms with Crippen LogP contribution in [0.4, 0.5) is 18.9 Å². The Bertz CT molecular complexity index is 1090. The molecule has 8 heteroatoms. The second kappa shape index (κ2) is 8.33. The fraction of sp³-hybridized carbons (Fsp3) is 0.333. The summed E-state index contributed by atoms with van der Waals surface area (Å²) in [7, 11) is 3.04. The van der Waals surface area contributed by atoms with E-state index in [1.165, 1.54) is 31.3 Å². The van der Waals surface area contributed by atoms with E-state index < -0.39 is 17.7 Å². The molecule has 32 heavy (non-hydrogen) atoms. The molecule has 0 saturated carbocycles. The maximum atomic E-state index is 13.3. The Morgan fingerprint density at radius 3 is 2.31 bits per heavy atom. The Kier molecular flexibility index (Phi) is 5.71. The molecule has 0 bridgehead atoms. The number of ketones is 1. The van der Waals surface area contributed by atoms with Gasteiger partial charge in [0.15, 0.2) is 5.78 Å².